The lowest BCUT2D eigenvalue weighted by Gasteiger charge is -2.26. The molecule has 302 valence electrons. The summed E-state index contributed by atoms with van der Waals surface area (Å²) in [6.45, 7) is 0. The van der Waals surface area contributed by atoms with Crippen LogP contribution in [0.5, 0.6) is 0 Å². The van der Waals surface area contributed by atoms with E-state index in [4.69, 9.17) is 26.6 Å². The summed E-state index contributed by atoms with van der Waals surface area (Å²) in [6, 6.07) is 57.9. The van der Waals surface area contributed by atoms with Gasteiger partial charge >= 0.3 is 17.6 Å². The number of nitrogens with zero attached hydrogens (tertiary/aromatic N) is 2. The van der Waals surface area contributed by atoms with Crippen LogP contribution in [0.15, 0.2) is 158 Å². The van der Waals surface area contributed by atoms with Crippen molar-refractivity contribution in [2.24, 2.45) is 0 Å². The minimum absolute atomic E-state index is 0.771. The van der Waals surface area contributed by atoms with Crippen LogP contribution in [0.25, 0.3) is 11.1 Å². The Morgan fingerprint density at radius 2 is 0.586 bits per heavy atom. The molecule has 0 aliphatic rings. The number of hydrogen-bond donors (Lipinski definition) is 0. The van der Waals surface area contributed by atoms with Crippen LogP contribution in [-0.2, 0) is 39.4 Å². The lowest BCUT2D eigenvalue weighted by molar-refractivity contribution is 0.122. The van der Waals surface area contributed by atoms with E-state index in [2.05, 4.69) is 168 Å². The van der Waals surface area contributed by atoms with E-state index in [1.54, 1.807) is 42.7 Å². The summed E-state index contributed by atoms with van der Waals surface area (Å²) in [5.41, 5.74) is 11.4. The number of aryl methyl sites for hydroxylation is 2. The predicted molar refractivity (Wildman–Crippen MR) is 241 cm³/mol. The highest BCUT2D eigenvalue weighted by Crippen LogP contribution is 2.38. The molecule has 0 saturated heterocycles. The first kappa shape index (κ1) is 42.7. The first-order valence-corrected chi connectivity index (χ1v) is 23.7. The Kier molecular flexibility index (Phi) is 15.2. The summed E-state index contributed by atoms with van der Waals surface area (Å²) < 4.78 is 33.7. The molecule has 0 heterocycles. The van der Waals surface area contributed by atoms with E-state index in [9.17, 15) is 0 Å². The van der Waals surface area contributed by atoms with Crippen LogP contribution in [0.1, 0.15) is 24.0 Å². The van der Waals surface area contributed by atoms with E-state index < -0.39 is 17.6 Å². The van der Waals surface area contributed by atoms with Crippen LogP contribution in [0.3, 0.4) is 0 Å². The highest BCUT2D eigenvalue weighted by Gasteiger charge is 2.37. The van der Waals surface area contributed by atoms with Crippen molar-refractivity contribution in [1.29, 1.82) is 0 Å². The van der Waals surface area contributed by atoms with Crippen LogP contribution in [-0.4, -0.2) is 60.3 Å². The fraction of sp³-hybridized carbons (Fsp3) is 0.250. The van der Waals surface area contributed by atoms with Crippen molar-refractivity contribution in [3.63, 3.8) is 0 Å². The van der Waals surface area contributed by atoms with Gasteiger partial charge in [-0.25, -0.2) is 0 Å². The lowest BCUT2D eigenvalue weighted by Crippen LogP contribution is -2.42. The van der Waals surface area contributed by atoms with Gasteiger partial charge in [-0.3, -0.25) is 0 Å². The molecule has 0 radical (unpaired) electrons. The van der Waals surface area contributed by atoms with Crippen molar-refractivity contribution >= 4 is 51.7 Å². The third-order valence-corrected chi connectivity index (χ3v) is 16.4. The highest BCUT2D eigenvalue weighted by atomic mass is 28.4. The van der Waals surface area contributed by atoms with Crippen LogP contribution in [0, 0.1) is 0 Å². The van der Waals surface area contributed by atoms with Gasteiger partial charge in [0.15, 0.2) is 0 Å². The molecule has 0 fully saturated rings. The van der Waals surface area contributed by atoms with Crippen LogP contribution >= 0.6 is 0 Å². The number of hydrogen-bond acceptors (Lipinski definition) is 8. The Morgan fingerprint density at radius 1 is 0.328 bits per heavy atom. The van der Waals surface area contributed by atoms with Crippen molar-refractivity contribution in [2.45, 2.75) is 37.8 Å². The predicted octanol–water partition coefficient (Wildman–Crippen LogP) is 11.9. The van der Waals surface area contributed by atoms with Gasteiger partial charge in [0.05, 0.1) is 0 Å². The third-order valence-electron chi connectivity index (χ3n) is 10.8. The Balaban J connectivity index is 1.18. The molecular formula is C48H56N2O6Si2. The second kappa shape index (κ2) is 20.7. The standard InChI is InChI=1S/C48H56N2O6Si2/c1-51-57(52-2,53-3)37-13-15-39-21-29-45(30-22-39)49(43-17-9-7-10-18-43)47-33-25-41(26-34-47)42-27-35-48(36-28-42)50(44-19-11-8-12-20-44)46-31-23-40(24-32-46)16-14-38-58(54-4,55-5)56-6/h7-12,17-36H,13-16,37-38H2,1-6H3. The molecular weight excluding hydrogens is 757 g/mol. The number of benzene rings is 6. The first-order chi connectivity index (χ1) is 28.4. The molecule has 58 heavy (non-hydrogen) atoms. The Labute approximate surface area is 347 Å². The molecule has 10 heteroatoms. The van der Waals surface area contributed by atoms with Gasteiger partial charge in [0.2, 0.25) is 0 Å². The van der Waals surface area contributed by atoms with Gasteiger partial charge in [0.1, 0.15) is 0 Å². The van der Waals surface area contributed by atoms with E-state index >= 15 is 0 Å². The van der Waals surface area contributed by atoms with E-state index in [1.807, 2.05) is 0 Å². The summed E-state index contributed by atoms with van der Waals surface area (Å²) in [5.74, 6) is 0. The molecule has 0 aromatic heterocycles. The fourth-order valence-electron chi connectivity index (χ4n) is 7.41. The molecule has 0 atom stereocenters. The molecule has 0 bridgehead atoms. The summed E-state index contributed by atoms with van der Waals surface area (Å²) in [4.78, 5) is 4.60. The molecule has 6 rings (SSSR count). The summed E-state index contributed by atoms with van der Waals surface area (Å²) >= 11 is 0. The average Bonchev–Trinajstić information content (AvgIpc) is 3.29. The zero-order valence-electron chi connectivity index (χ0n) is 34.6. The number of anilines is 6. The molecule has 8 nitrogen and oxygen atoms in total. The maximum absolute atomic E-state index is 5.61. The monoisotopic (exact) mass is 812 g/mol. The molecule has 6 aromatic rings. The molecule has 6 aromatic carbocycles. The van der Waals surface area contributed by atoms with Crippen LogP contribution in [0.4, 0.5) is 34.1 Å². The van der Waals surface area contributed by atoms with Gasteiger partial charge in [-0.15, -0.1) is 0 Å². The van der Waals surface area contributed by atoms with Crippen LogP contribution < -0.4 is 9.80 Å². The van der Waals surface area contributed by atoms with Crippen LogP contribution in [0.2, 0.25) is 12.1 Å². The third kappa shape index (κ3) is 10.4. The Morgan fingerprint density at radius 3 is 0.862 bits per heavy atom. The first-order valence-electron chi connectivity index (χ1n) is 19.8. The van der Waals surface area contributed by atoms with Gasteiger partial charge in [0.25, 0.3) is 0 Å². The van der Waals surface area contributed by atoms with E-state index in [0.717, 1.165) is 83.0 Å². The normalized spacial score (nSPS) is 11.8. The van der Waals surface area contributed by atoms with Gasteiger partial charge in [-0.1, -0.05) is 84.9 Å². The molecule has 0 unspecified atom stereocenters. The fourth-order valence-corrected chi connectivity index (χ4v) is 10.9. The molecule has 0 N–H and O–H groups in total. The molecule has 0 aliphatic heterocycles. The van der Waals surface area contributed by atoms with E-state index in [0.29, 0.717) is 0 Å². The average molecular weight is 813 g/mol. The summed E-state index contributed by atoms with van der Waals surface area (Å²) in [5, 5.41) is 0. The highest BCUT2D eigenvalue weighted by molar-refractivity contribution is 6.60. The van der Waals surface area contributed by atoms with Crippen molar-refractivity contribution < 1.29 is 26.6 Å². The largest absolute Gasteiger partial charge is 0.500 e. The van der Waals surface area contributed by atoms with Gasteiger partial charge in [-0.05, 0) is 121 Å². The zero-order valence-corrected chi connectivity index (χ0v) is 36.6. The smallest absolute Gasteiger partial charge is 0.377 e. The second-order valence-corrected chi connectivity index (χ2v) is 20.2. The zero-order chi connectivity index (χ0) is 40.8. The molecule has 0 aliphatic carbocycles. The second-order valence-electron chi connectivity index (χ2n) is 14.1. The maximum atomic E-state index is 5.61. The number of para-hydroxylation sites is 2. The lowest BCUT2D eigenvalue weighted by atomic mass is 10.0. The van der Waals surface area contributed by atoms with Crippen molar-refractivity contribution in [1.82, 2.24) is 0 Å². The van der Waals surface area contributed by atoms with Gasteiger partial charge in [0, 0.05) is 88.9 Å². The topological polar surface area (TPSA) is 61.9 Å². The maximum Gasteiger partial charge on any atom is 0.500 e. The molecule has 0 spiro atoms. The van der Waals surface area contributed by atoms with Crippen molar-refractivity contribution in [3.05, 3.63) is 169 Å². The van der Waals surface area contributed by atoms with E-state index in [-0.39, 0.29) is 0 Å². The van der Waals surface area contributed by atoms with E-state index in [1.165, 1.54) is 11.1 Å². The van der Waals surface area contributed by atoms with Gasteiger partial charge < -0.3 is 36.4 Å². The summed E-state index contributed by atoms with van der Waals surface area (Å²) in [7, 11) is 4.83. The molecule has 0 amide bonds. The Bertz CT molecular complexity index is 1930. The van der Waals surface area contributed by atoms with Crippen molar-refractivity contribution in [2.75, 3.05) is 52.5 Å². The Hall–Kier alpha value is -4.89. The molecule has 0 saturated carbocycles. The van der Waals surface area contributed by atoms with Crippen molar-refractivity contribution in [3.8, 4) is 11.1 Å². The minimum Gasteiger partial charge on any atom is -0.377 e. The minimum atomic E-state index is -2.58. The quantitative estimate of drug-likeness (QED) is 0.0666. The number of rotatable bonds is 21. The van der Waals surface area contributed by atoms with Gasteiger partial charge in [-0.2, -0.15) is 0 Å². The SMILES string of the molecule is CO[Si](CCCc1ccc(N(c2ccccc2)c2ccc(-c3ccc(N(c4ccccc4)c4ccc(CCC[Si](OC)(OC)OC)cc4)cc3)cc2)cc1)(OC)OC. The summed E-state index contributed by atoms with van der Waals surface area (Å²) in [6.07, 6.45) is 3.68.